The first kappa shape index (κ1) is 23.5. The predicted molar refractivity (Wildman–Crippen MR) is 143 cm³/mol. The summed E-state index contributed by atoms with van der Waals surface area (Å²) in [5, 5.41) is 4.30. The molecule has 6 rings (SSSR count). The summed E-state index contributed by atoms with van der Waals surface area (Å²) in [6.45, 7) is 1.34. The molecule has 36 heavy (non-hydrogen) atoms. The first-order valence-electron chi connectivity index (χ1n) is 13.4. The second kappa shape index (κ2) is 9.85. The average Bonchev–Trinajstić information content (AvgIpc) is 3.62. The van der Waals surface area contributed by atoms with Gasteiger partial charge in [0.25, 0.3) is 5.91 Å². The van der Waals surface area contributed by atoms with Gasteiger partial charge in [-0.1, -0.05) is 73.7 Å². The number of nitrogens with one attached hydrogen (secondary N) is 1. The van der Waals surface area contributed by atoms with E-state index in [-0.39, 0.29) is 11.3 Å². The lowest BCUT2D eigenvalue weighted by Gasteiger charge is -2.34. The van der Waals surface area contributed by atoms with Crippen molar-refractivity contribution in [1.29, 1.82) is 0 Å². The van der Waals surface area contributed by atoms with Crippen LogP contribution < -0.4 is 5.32 Å². The molecule has 1 aromatic heterocycles. The molecule has 2 fully saturated rings. The highest BCUT2D eigenvalue weighted by Gasteiger charge is 2.42. The normalized spacial score (nSPS) is 19.3. The number of hydrogen-bond acceptors (Lipinski definition) is 4. The number of rotatable bonds is 5. The van der Waals surface area contributed by atoms with Crippen LogP contribution >= 0.6 is 11.6 Å². The van der Waals surface area contributed by atoms with Crippen LogP contribution in [0.15, 0.2) is 54.7 Å². The van der Waals surface area contributed by atoms with Crippen LogP contribution in [0.4, 0.5) is 5.95 Å². The van der Waals surface area contributed by atoms with Gasteiger partial charge in [0.2, 0.25) is 5.95 Å². The number of aromatic nitrogens is 2. The number of nitrogens with zero attached hydrogens (tertiary/aromatic N) is 3. The van der Waals surface area contributed by atoms with Gasteiger partial charge in [0.15, 0.2) is 0 Å². The Hall–Kier alpha value is -2.92. The Morgan fingerprint density at radius 2 is 1.69 bits per heavy atom. The number of carbonyl (C=O) groups excluding carboxylic acids is 1. The molecule has 5 nitrogen and oxygen atoms in total. The Morgan fingerprint density at radius 1 is 0.972 bits per heavy atom. The van der Waals surface area contributed by atoms with Crippen LogP contribution in [-0.2, 0) is 18.4 Å². The van der Waals surface area contributed by atoms with Crippen molar-refractivity contribution in [3.63, 3.8) is 0 Å². The quantitative estimate of drug-likeness (QED) is 0.432. The number of halogens is 1. The highest BCUT2D eigenvalue weighted by molar-refractivity contribution is 6.30. The molecule has 6 heteroatoms. The number of amides is 1. The lowest BCUT2D eigenvalue weighted by atomic mass is 9.74. The highest BCUT2D eigenvalue weighted by atomic mass is 35.5. The monoisotopic (exact) mass is 500 g/mol. The summed E-state index contributed by atoms with van der Waals surface area (Å²) in [5.41, 5.74) is 4.96. The fraction of sp³-hybridized carbons (Fsp3) is 0.433. The molecule has 2 aromatic carbocycles. The molecule has 1 aliphatic heterocycles. The number of carbonyl (C=O) groups is 1. The third kappa shape index (κ3) is 4.39. The molecule has 2 saturated carbocycles. The van der Waals surface area contributed by atoms with E-state index in [9.17, 15) is 4.79 Å². The fourth-order valence-corrected chi connectivity index (χ4v) is 6.60. The Bertz CT molecular complexity index is 1250. The van der Waals surface area contributed by atoms with Gasteiger partial charge in [0.1, 0.15) is 0 Å². The number of fused-ring (bicyclic) bond motifs is 1. The summed E-state index contributed by atoms with van der Waals surface area (Å²) in [5.74, 6) is 0.685. The van der Waals surface area contributed by atoms with E-state index in [4.69, 9.17) is 16.6 Å². The van der Waals surface area contributed by atoms with E-state index in [1.165, 1.54) is 29.5 Å². The van der Waals surface area contributed by atoms with Crippen molar-refractivity contribution in [2.75, 3.05) is 11.9 Å². The number of anilines is 1. The Balaban J connectivity index is 1.41. The molecule has 1 N–H and O–H groups in total. The second-order valence-electron chi connectivity index (χ2n) is 10.6. The maximum atomic E-state index is 14.1. The zero-order chi connectivity index (χ0) is 24.5. The lowest BCUT2D eigenvalue weighted by molar-refractivity contribution is 0.0731. The molecule has 0 spiro atoms. The molecular formula is C30H33ClN4O. The molecule has 3 aromatic rings. The van der Waals surface area contributed by atoms with Crippen molar-refractivity contribution in [2.45, 2.75) is 75.8 Å². The molecular weight excluding hydrogens is 468 g/mol. The zero-order valence-electron chi connectivity index (χ0n) is 20.7. The smallest absolute Gasteiger partial charge is 0.257 e. The molecule has 0 unspecified atom stereocenters. The first-order chi connectivity index (χ1) is 17.6. The van der Waals surface area contributed by atoms with Gasteiger partial charge >= 0.3 is 0 Å². The van der Waals surface area contributed by atoms with Crippen LogP contribution in [0.1, 0.15) is 84.1 Å². The SMILES string of the molecule is O=C(c1cnc(NC2CCCC2)nc1C1(c2ccc(Cl)cc2)CCCC1)N1CCc2ccccc2C1. The van der Waals surface area contributed by atoms with Gasteiger partial charge < -0.3 is 10.2 Å². The van der Waals surface area contributed by atoms with Crippen LogP contribution in [0.25, 0.3) is 0 Å². The maximum Gasteiger partial charge on any atom is 0.257 e. The van der Waals surface area contributed by atoms with Gasteiger partial charge in [-0.25, -0.2) is 9.97 Å². The van der Waals surface area contributed by atoms with Crippen molar-refractivity contribution in [2.24, 2.45) is 0 Å². The van der Waals surface area contributed by atoms with Crippen molar-refractivity contribution in [3.8, 4) is 0 Å². The van der Waals surface area contributed by atoms with Crippen LogP contribution in [0.2, 0.25) is 5.02 Å². The summed E-state index contributed by atoms with van der Waals surface area (Å²) in [4.78, 5) is 25.9. The molecule has 3 aliphatic rings. The van der Waals surface area contributed by atoms with E-state index >= 15 is 0 Å². The highest BCUT2D eigenvalue weighted by Crippen LogP contribution is 2.47. The molecule has 2 aliphatic carbocycles. The van der Waals surface area contributed by atoms with Gasteiger partial charge in [-0.3, -0.25) is 4.79 Å². The predicted octanol–water partition coefficient (Wildman–Crippen LogP) is 6.54. The Labute approximate surface area is 218 Å². The van der Waals surface area contributed by atoms with E-state index in [0.717, 1.165) is 55.7 Å². The average molecular weight is 501 g/mol. The summed E-state index contributed by atoms with van der Waals surface area (Å²) in [6.07, 6.45) is 11.6. The molecule has 1 amide bonds. The minimum atomic E-state index is -0.307. The first-order valence-corrected chi connectivity index (χ1v) is 13.8. The van der Waals surface area contributed by atoms with Gasteiger partial charge in [-0.05, 0) is 60.9 Å². The van der Waals surface area contributed by atoms with Crippen LogP contribution in [-0.4, -0.2) is 33.4 Å². The van der Waals surface area contributed by atoms with Gasteiger partial charge in [0, 0.05) is 35.8 Å². The summed E-state index contributed by atoms with van der Waals surface area (Å²) < 4.78 is 0. The standard InChI is InChI=1S/C30H33ClN4O/c31-24-13-11-23(12-14-24)30(16-5-6-17-30)27-26(19-32-29(34-27)33-25-9-3-4-10-25)28(36)35-18-15-21-7-1-2-8-22(21)20-35/h1-2,7-8,11-14,19,25H,3-6,9-10,15-18,20H2,(H,32,33,34). The van der Waals surface area contributed by atoms with E-state index in [1.807, 2.05) is 17.0 Å². The topological polar surface area (TPSA) is 58.1 Å². The van der Waals surface area contributed by atoms with E-state index in [1.54, 1.807) is 6.20 Å². The van der Waals surface area contributed by atoms with Crippen LogP contribution in [0.5, 0.6) is 0 Å². The summed E-state index contributed by atoms with van der Waals surface area (Å²) in [7, 11) is 0. The molecule has 2 heterocycles. The minimum Gasteiger partial charge on any atom is -0.351 e. The Kier molecular flexibility index (Phi) is 6.43. The van der Waals surface area contributed by atoms with Gasteiger partial charge in [0.05, 0.1) is 11.3 Å². The van der Waals surface area contributed by atoms with Gasteiger partial charge in [-0.15, -0.1) is 0 Å². The summed E-state index contributed by atoms with van der Waals surface area (Å²) >= 11 is 6.26. The van der Waals surface area contributed by atoms with E-state index in [0.29, 0.717) is 30.6 Å². The number of hydrogen-bond donors (Lipinski definition) is 1. The van der Waals surface area contributed by atoms with Crippen molar-refractivity contribution in [1.82, 2.24) is 14.9 Å². The van der Waals surface area contributed by atoms with Crippen molar-refractivity contribution < 1.29 is 4.79 Å². The molecule has 0 radical (unpaired) electrons. The van der Waals surface area contributed by atoms with Gasteiger partial charge in [-0.2, -0.15) is 0 Å². The van der Waals surface area contributed by atoms with E-state index < -0.39 is 0 Å². The number of benzene rings is 2. The van der Waals surface area contributed by atoms with Crippen molar-refractivity contribution in [3.05, 3.63) is 87.7 Å². The van der Waals surface area contributed by atoms with Crippen LogP contribution in [0, 0.1) is 0 Å². The molecule has 0 atom stereocenters. The summed E-state index contributed by atoms with van der Waals surface area (Å²) in [6, 6.07) is 17.0. The molecule has 186 valence electrons. The zero-order valence-corrected chi connectivity index (χ0v) is 21.4. The van der Waals surface area contributed by atoms with Crippen LogP contribution in [0.3, 0.4) is 0 Å². The minimum absolute atomic E-state index is 0.0344. The third-order valence-corrected chi connectivity index (χ3v) is 8.68. The third-order valence-electron chi connectivity index (χ3n) is 8.43. The van der Waals surface area contributed by atoms with E-state index in [2.05, 4.69) is 46.7 Å². The maximum absolute atomic E-state index is 14.1. The molecule has 0 saturated heterocycles. The van der Waals surface area contributed by atoms with Crippen molar-refractivity contribution >= 4 is 23.5 Å². The Morgan fingerprint density at radius 3 is 2.44 bits per heavy atom. The molecule has 0 bridgehead atoms. The largest absolute Gasteiger partial charge is 0.351 e. The second-order valence-corrected chi connectivity index (χ2v) is 11.1. The fourth-order valence-electron chi connectivity index (χ4n) is 6.47. The lowest BCUT2D eigenvalue weighted by Crippen LogP contribution is -2.38.